The van der Waals surface area contributed by atoms with Gasteiger partial charge in [-0.15, -0.1) is 0 Å². The monoisotopic (exact) mass is 346 g/mol. The molecule has 108 valence electrons. The first kappa shape index (κ1) is 15.4. The first-order chi connectivity index (χ1) is 9.08. The smallest absolute Gasteiger partial charge is 0.0738 e. The highest BCUT2D eigenvalue weighted by molar-refractivity contribution is 9.10. The summed E-state index contributed by atoms with van der Waals surface area (Å²) >= 11 is 5.50. The Morgan fingerprint density at radius 1 is 1.42 bits per heavy atom. The van der Waals surface area contributed by atoms with Gasteiger partial charge in [-0.1, -0.05) is 19.3 Å². The molecule has 0 saturated heterocycles. The Kier molecular flexibility index (Phi) is 5.78. The van der Waals surface area contributed by atoms with Crippen molar-refractivity contribution in [3.05, 3.63) is 15.9 Å². The molecule has 0 aromatic carbocycles. The zero-order valence-electron chi connectivity index (χ0n) is 11.7. The molecule has 1 N–H and O–H groups in total. The molecule has 3 nitrogen and oxygen atoms in total. The first-order valence-electron chi connectivity index (χ1n) is 7.05. The molecule has 0 radical (unpaired) electrons. The maximum atomic E-state index is 10.2. The van der Waals surface area contributed by atoms with Crippen LogP contribution >= 0.6 is 27.7 Å². The summed E-state index contributed by atoms with van der Waals surface area (Å²) in [5.74, 6) is 0.835. The van der Waals surface area contributed by atoms with Gasteiger partial charge in [0.2, 0.25) is 0 Å². The molecule has 2 rings (SSSR count). The van der Waals surface area contributed by atoms with Crippen LogP contribution in [0.5, 0.6) is 0 Å². The Balaban J connectivity index is 1.81. The number of halogens is 1. The van der Waals surface area contributed by atoms with E-state index in [1.165, 1.54) is 32.1 Å². The second-order valence-electron chi connectivity index (χ2n) is 5.42. The second kappa shape index (κ2) is 7.14. The summed E-state index contributed by atoms with van der Waals surface area (Å²) < 4.78 is 2.91. The molecule has 1 aliphatic carbocycles. The lowest BCUT2D eigenvalue weighted by Gasteiger charge is -2.22. The zero-order valence-corrected chi connectivity index (χ0v) is 14.1. The van der Waals surface area contributed by atoms with Gasteiger partial charge >= 0.3 is 0 Å². The number of rotatable bonds is 5. The highest BCUT2D eigenvalue weighted by Gasteiger charge is 2.18. The van der Waals surface area contributed by atoms with Crippen molar-refractivity contribution in [2.45, 2.75) is 56.8 Å². The predicted octanol–water partition coefficient (Wildman–Crippen LogP) is 3.46. The minimum Gasteiger partial charge on any atom is -0.392 e. The van der Waals surface area contributed by atoms with E-state index in [1.807, 2.05) is 30.4 Å². The Morgan fingerprint density at radius 3 is 2.68 bits per heavy atom. The number of thioether (sulfide) groups is 1. The summed E-state index contributed by atoms with van der Waals surface area (Å²) in [4.78, 5) is 0. The van der Waals surface area contributed by atoms with E-state index in [4.69, 9.17) is 0 Å². The number of hydrogen-bond acceptors (Lipinski definition) is 3. The van der Waals surface area contributed by atoms with Gasteiger partial charge in [0.25, 0.3) is 0 Å². The first-order valence-corrected chi connectivity index (χ1v) is 8.89. The fourth-order valence-corrected chi connectivity index (χ4v) is 4.44. The van der Waals surface area contributed by atoms with Crippen LogP contribution < -0.4 is 0 Å². The van der Waals surface area contributed by atoms with Gasteiger partial charge in [0.1, 0.15) is 0 Å². The van der Waals surface area contributed by atoms with E-state index in [-0.39, 0.29) is 6.10 Å². The summed E-state index contributed by atoms with van der Waals surface area (Å²) in [6.45, 7) is 1.98. The maximum Gasteiger partial charge on any atom is 0.0738 e. The van der Waals surface area contributed by atoms with E-state index in [0.717, 1.165) is 26.9 Å². The average molecular weight is 347 g/mol. The lowest BCUT2D eigenvalue weighted by Crippen LogP contribution is -2.19. The molecule has 1 atom stereocenters. The van der Waals surface area contributed by atoms with Crippen LogP contribution in [0.1, 0.15) is 43.5 Å². The molecule has 1 aromatic rings. The van der Waals surface area contributed by atoms with Crippen LogP contribution in [-0.2, 0) is 13.5 Å². The number of aliphatic hydroxyl groups excluding tert-OH is 1. The second-order valence-corrected chi connectivity index (χ2v) is 7.55. The van der Waals surface area contributed by atoms with Crippen molar-refractivity contribution in [1.29, 1.82) is 0 Å². The Hall–Kier alpha value is -0.000000000000000111. The Labute approximate surface area is 128 Å². The number of aliphatic hydroxyl groups is 1. The third kappa shape index (κ3) is 4.23. The summed E-state index contributed by atoms with van der Waals surface area (Å²) in [6, 6.07) is 0. The molecule has 19 heavy (non-hydrogen) atoms. The summed E-state index contributed by atoms with van der Waals surface area (Å²) in [5.41, 5.74) is 2.08. The van der Waals surface area contributed by atoms with Gasteiger partial charge in [-0.3, -0.25) is 4.68 Å². The van der Waals surface area contributed by atoms with Crippen LogP contribution in [0.4, 0.5) is 0 Å². The third-order valence-corrected chi connectivity index (χ3v) is 6.32. The minimum atomic E-state index is -0.280. The molecular formula is C14H23BrN2OS. The van der Waals surface area contributed by atoms with E-state index in [0.29, 0.717) is 6.42 Å². The lowest BCUT2D eigenvalue weighted by molar-refractivity contribution is 0.197. The standard InChI is InChI=1S/C14H23BrN2OS/c1-10-14(15)13(17(2)16-10)8-11(18)9-19-12-6-4-3-5-7-12/h11-12,18H,3-9H2,1-2H3. The van der Waals surface area contributed by atoms with Crippen molar-refractivity contribution in [3.63, 3.8) is 0 Å². The van der Waals surface area contributed by atoms with Gasteiger partial charge < -0.3 is 5.11 Å². The molecule has 1 saturated carbocycles. The summed E-state index contributed by atoms with van der Waals surface area (Å²) in [6.07, 6.45) is 7.16. The van der Waals surface area contributed by atoms with Crippen molar-refractivity contribution < 1.29 is 5.11 Å². The van der Waals surface area contributed by atoms with Gasteiger partial charge in [0.15, 0.2) is 0 Å². The van der Waals surface area contributed by atoms with Gasteiger partial charge in [-0.25, -0.2) is 0 Å². The molecule has 1 fully saturated rings. The number of hydrogen-bond donors (Lipinski definition) is 1. The summed E-state index contributed by atoms with van der Waals surface area (Å²) in [7, 11) is 1.94. The Bertz CT molecular complexity index is 416. The maximum absolute atomic E-state index is 10.2. The number of aromatic nitrogens is 2. The van der Waals surface area contributed by atoms with Crippen LogP contribution in [-0.4, -0.2) is 32.0 Å². The van der Waals surface area contributed by atoms with Crippen molar-refractivity contribution in [2.24, 2.45) is 7.05 Å². The molecule has 0 spiro atoms. The number of aryl methyl sites for hydroxylation is 2. The quantitative estimate of drug-likeness (QED) is 0.886. The van der Waals surface area contributed by atoms with Crippen LogP contribution in [0, 0.1) is 6.92 Å². The predicted molar refractivity (Wildman–Crippen MR) is 84.7 cm³/mol. The highest BCUT2D eigenvalue weighted by Crippen LogP contribution is 2.29. The van der Waals surface area contributed by atoms with Crippen molar-refractivity contribution in [1.82, 2.24) is 9.78 Å². The van der Waals surface area contributed by atoms with E-state index in [9.17, 15) is 5.11 Å². The van der Waals surface area contributed by atoms with Gasteiger partial charge in [-0.2, -0.15) is 16.9 Å². The van der Waals surface area contributed by atoms with E-state index < -0.39 is 0 Å². The van der Waals surface area contributed by atoms with Gasteiger partial charge in [0.05, 0.1) is 22.0 Å². The van der Waals surface area contributed by atoms with Crippen LogP contribution in [0.15, 0.2) is 4.47 Å². The Morgan fingerprint density at radius 2 is 2.11 bits per heavy atom. The number of nitrogens with zero attached hydrogens (tertiary/aromatic N) is 2. The van der Waals surface area contributed by atoms with E-state index >= 15 is 0 Å². The summed E-state index contributed by atoms with van der Waals surface area (Å²) in [5, 5.41) is 15.3. The SMILES string of the molecule is Cc1nn(C)c(CC(O)CSC2CCCCC2)c1Br. The van der Waals surface area contributed by atoms with E-state index in [2.05, 4.69) is 21.0 Å². The van der Waals surface area contributed by atoms with Crippen LogP contribution in [0.2, 0.25) is 0 Å². The molecule has 1 aromatic heterocycles. The van der Waals surface area contributed by atoms with Crippen molar-refractivity contribution >= 4 is 27.7 Å². The molecule has 0 amide bonds. The molecule has 5 heteroatoms. The molecule has 1 heterocycles. The highest BCUT2D eigenvalue weighted by atomic mass is 79.9. The fourth-order valence-electron chi connectivity index (χ4n) is 2.66. The molecule has 1 aliphatic rings. The normalized spacial score (nSPS) is 18.7. The van der Waals surface area contributed by atoms with Crippen molar-refractivity contribution in [3.8, 4) is 0 Å². The van der Waals surface area contributed by atoms with Crippen LogP contribution in [0.3, 0.4) is 0 Å². The molecule has 0 aliphatic heterocycles. The lowest BCUT2D eigenvalue weighted by atomic mass is 10.0. The van der Waals surface area contributed by atoms with Gasteiger partial charge in [-0.05, 0) is 35.7 Å². The molecule has 0 bridgehead atoms. The van der Waals surface area contributed by atoms with Crippen LogP contribution in [0.25, 0.3) is 0 Å². The topological polar surface area (TPSA) is 38.0 Å². The average Bonchev–Trinajstić information content (AvgIpc) is 2.64. The molecular weight excluding hydrogens is 324 g/mol. The molecule has 1 unspecified atom stereocenters. The minimum absolute atomic E-state index is 0.280. The largest absolute Gasteiger partial charge is 0.392 e. The zero-order chi connectivity index (χ0) is 13.8. The van der Waals surface area contributed by atoms with Gasteiger partial charge in [0, 0.05) is 24.5 Å². The van der Waals surface area contributed by atoms with E-state index in [1.54, 1.807) is 0 Å². The van der Waals surface area contributed by atoms with Crippen molar-refractivity contribution in [2.75, 3.05) is 5.75 Å². The third-order valence-electron chi connectivity index (χ3n) is 3.77. The fraction of sp³-hybridized carbons (Fsp3) is 0.786.